The Hall–Kier alpha value is -3.36. The maximum atomic E-state index is 12.2. The molecule has 3 rings (SSSR count). The second-order valence-corrected chi connectivity index (χ2v) is 5.33. The predicted molar refractivity (Wildman–Crippen MR) is 91.9 cm³/mol. The van der Waals surface area contributed by atoms with Gasteiger partial charge in [0.25, 0.3) is 0 Å². The van der Waals surface area contributed by atoms with E-state index in [1.54, 1.807) is 31.2 Å². The van der Waals surface area contributed by atoms with Crippen molar-refractivity contribution in [2.45, 2.75) is 13.3 Å². The van der Waals surface area contributed by atoms with Crippen molar-refractivity contribution in [3.63, 3.8) is 0 Å². The van der Waals surface area contributed by atoms with Crippen LogP contribution in [-0.4, -0.2) is 28.9 Å². The molecule has 0 saturated carbocycles. The molecule has 1 aromatic heterocycles. The molecule has 9 heteroatoms. The third kappa shape index (κ3) is 4.63. The monoisotopic (exact) mass is 377 g/mol. The van der Waals surface area contributed by atoms with E-state index in [-0.39, 0.29) is 18.2 Å². The molecule has 0 unspecified atom stereocenters. The molecule has 0 atom stereocenters. The van der Waals surface area contributed by atoms with E-state index in [1.165, 1.54) is 24.3 Å². The molecule has 0 fully saturated rings. The molecule has 0 aliphatic heterocycles. The molecule has 27 heavy (non-hydrogen) atoms. The van der Waals surface area contributed by atoms with Crippen molar-refractivity contribution in [3.05, 3.63) is 54.4 Å². The minimum absolute atomic E-state index is 0.116. The lowest BCUT2D eigenvalue weighted by atomic mass is 10.2. The van der Waals surface area contributed by atoms with E-state index in [2.05, 4.69) is 20.0 Å². The molecule has 0 bridgehead atoms. The van der Waals surface area contributed by atoms with Gasteiger partial charge in [-0.1, -0.05) is 12.1 Å². The summed E-state index contributed by atoms with van der Waals surface area (Å²) in [6.07, 6.45) is -4.76. The van der Waals surface area contributed by atoms with Gasteiger partial charge in [0, 0.05) is 11.1 Å². The number of para-hydroxylation sites is 1. The number of aromatic nitrogens is 2. The number of halogens is 3. The molecular weight excluding hydrogens is 363 g/mol. The van der Waals surface area contributed by atoms with E-state index < -0.39 is 12.3 Å². The van der Waals surface area contributed by atoms with E-state index in [9.17, 15) is 18.0 Å². The summed E-state index contributed by atoms with van der Waals surface area (Å²) >= 11 is 0. The molecule has 0 spiro atoms. The number of ether oxygens (including phenoxy) is 2. The standard InChI is InChI=1S/C18H14F3N3O3/c1-2-26-17(25)16-23-14-6-4-3-5-13(14)15(24-16)22-11-7-9-12(10-8-11)27-18(19,20)21/h3-10H,2H2,1H3,(H,22,23,24). The maximum Gasteiger partial charge on any atom is 0.573 e. The van der Waals surface area contributed by atoms with Crippen molar-refractivity contribution in [1.82, 2.24) is 9.97 Å². The maximum absolute atomic E-state index is 12.2. The molecular formula is C18H14F3N3O3. The zero-order valence-electron chi connectivity index (χ0n) is 14.1. The summed E-state index contributed by atoms with van der Waals surface area (Å²) in [5.74, 6) is -0.795. The van der Waals surface area contributed by atoms with Gasteiger partial charge in [0.2, 0.25) is 5.82 Å². The number of carbonyl (C=O) groups is 1. The summed E-state index contributed by atoms with van der Waals surface area (Å²) in [6.45, 7) is 1.85. The first-order valence-electron chi connectivity index (χ1n) is 7.92. The number of hydrogen-bond acceptors (Lipinski definition) is 6. The van der Waals surface area contributed by atoms with Crippen LogP contribution in [-0.2, 0) is 4.74 Å². The number of nitrogens with one attached hydrogen (secondary N) is 1. The Labute approximate surface area is 152 Å². The van der Waals surface area contributed by atoms with Crippen molar-refractivity contribution in [2.75, 3.05) is 11.9 Å². The number of carbonyl (C=O) groups excluding carboxylic acids is 1. The van der Waals surface area contributed by atoms with E-state index in [1.807, 2.05) is 0 Å². The smallest absolute Gasteiger partial charge is 0.460 e. The molecule has 0 aliphatic rings. The highest BCUT2D eigenvalue weighted by Gasteiger charge is 2.30. The van der Waals surface area contributed by atoms with Crippen LogP contribution in [0.2, 0.25) is 0 Å². The average molecular weight is 377 g/mol. The fraction of sp³-hybridized carbons (Fsp3) is 0.167. The minimum Gasteiger partial charge on any atom is -0.460 e. The van der Waals surface area contributed by atoms with Gasteiger partial charge in [-0.05, 0) is 43.3 Å². The summed E-state index contributed by atoms with van der Waals surface area (Å²) in [7, 11) is 0. The zero-order chi connectivity index (χ0) is 19.4. The molecule has 1 heterocycles. The number of anilines is 2. The van der Waals surface area contributed by atoms with Gasteiger partial charge in [-0.25, -0.2) is 14.8 Å². The summed E-state index contributed by atoms with van der Waals surface area (Å²) in [5.41, 5.74) is 0.985. The number of rotatable bonds is 5. The third-order valence-electron chi connectivity index (χ3n) is 3.41. The largest absolute Gasteiger partial charge is 0.573 e. The van der Waals surface area contributed by atoms with E-state index in [4.69, 9.17) is 4.74 Å². The van der Waals surface area contributed by atoms with Crippen LogP contribution in [0.25, 0.3) is 10.9 Å². The highest BCUT2D eigenvalue weighted by atomic mass is 19.4. The molecule has 0 amide bonds. The van der Waals surface area contributed by atoms with Gasteiger partial charge >= 0.3 is 12.3 Å². The lowest BCUT2D eigenvalue weighted by molar-refractivity contribution is -0.274. The molecule has 3 aromatic rings. The molecule has 0 radical (unpaired) electrons. The fourth-order valence-electron chi connectivity index (χ4n) is 2.34. The van der Waals surface area contributed by atoms with Gasteiger partial charge in [-0.3, -0.25) is 0 Å². The zero-order valence-corrected chi connectivity index (χ0v) is 14.1. The highest BCUT2D eigenvalue weighted by Crippen LogP contribution is 2.27. The SMILES string of the molecule is CCOC(=O)c1nc(Nc2ccc(OC(F)(F)F)cc2)c2ccccc2n1. The van der Waals surface area contributed by atoms with Crippen LogP contribution in [0.4, 0.5) is 24.7 Å². The number of benzene rings is 2. The molecule has 1 N–H and O–H groups in total. The number of alkyl halides is 3. The Morgan fingerprint density at radius 1 is 1.07 bits per heavy atom. The van der Waals surface area contributed by atoms with Crippen molar-refractivity contribution in [3.8, 4) is 5.75 Å². The average Bonchev–Trinajstić information content (AvgIpc) is 2.62. The van der Waals surface area contributed by atoms with Crippen LogP contribution in [0.5, 0.6) is 5.75 Å². The second kappa shape index (κ2) is 7.48. The van der Waals surface area contributed by atoms with Crippen LogP contribution < -0.4 is 10.1 Å². The number of fused-ring (bicyclic) bond motifs is 1. The van der Waals surface area contributed by atoms with Gasteiger partial charge in [0.05, 0.1) is 12.1 Å². The molecule has 140 valence electrons. The van der Waals surface area contributed by atoms with Gasteiger partial charge in [-0.2, -0.15) is 0 Å². The van der Waals surface area contributed by atoms with Crippen LogP contribution in [0.1, 0.15) is 17.5 Å². The summed E-state index contributed by atoms with van der Waals surface area (Å²) in [4.78, 5) is 20.3. The highest BCUT2D eigenvalue weighted by molar-refractivity contribution is 5.95. The van der Waals surface area contributed by atoms with Crippen molar-refractivity contribution in [1.29, 1.82) is 0 Å². The third-order valence-corrected chi connectivity index (χ3v) is 3.41. The Morgan fingerprint density at radius 3 is 2.44 bits per heavy atom. The van der Waals surface area contributed by atoms with E-state index in [0.29, 0.717) is 22.4 Å². The first-order chi connectivity index (χ1) is 12.9. The Kier molecular flexibility index (Phi) is 5.11. The van der Waals surface area contributed by atoms with Crippen LogP contribution >= 0.6 is 0 Å². The lowest BCUT2D eigenvalue weighted by Crippen LogP contribution is -2.17. The van der Waals surface area contributed by atoms with Crippen molar-refractivity contribution in [2.24, 2.45) is 0 Å². The minimum atomic E-state index is -4.76. The van der Waals surface area contributed by atoms with Gasteiger partial charge in [0.15, 0.2) is 0 Å². The van der Waals surface area contributed by atoms with Gasteiger partial charge < -0.3 is 14.8 Å². The molecule has 0 saturated heterocycles. The Balaban J connectivity index is 1.92. The summed E-state index contributed by atoms with van der Waals surface area (Å²) in [5, 5.41) is 3.62. The first-order valence-corrected chi connectivity index (χ1v) is 7.92. The number of hydrogen-bond donors (Lipinski definition) is 1. The van der Waals surface area contributed by atoms with E-state index in [0.717, 1.165) is 0 Å². The summed E-state index contributed by atoms with van der Waals surface area (Å²) in [6, 6.07) is 12.2. The molecule has 6 nitrogen and oxygen atoms in total. The first kappa shape index (κ1) is 18.4. The number of nitrogens with zero attached hydrogens (tertiary/aromatic N) is 2. The van der Waals surface area contributed by atoms with Gasteiger partial charge in [-0.15, -0.1) is 13.2 Å². The quantitative estimate of drug-likeness (QED) is 0.663. The van der Waals surface area contributed by atoms with Crippen molar-refractivity contribution < 1.29 is 27.4 Å². The fourth-order valence-corrected chi connectivity index (χ4v) is 2.34. The van der Waals surface area contributed by atoms with Crippen LogP contribution in [0.15, 0.2) is 48.5 Å². The van der Waals surface area contributed by atoms with Crippen LogP contribution in [0.3, 0.4) is 0 Å². The topological polar surface area (TPSA) is 73.3 Å². The van der Waals surface area contributed by atoms with Crippen molar-refractivity contribution >= 4 is 28.4 Å². The lowest BCUT2D eigenvalue weighted by Gasteiger charge is -2.12. The molecule has 2 aromatic carbocycles. The normalized spacial score (nSPS) is 11.3. The van der Waals surface area contributed by atoms with Gasteiger partial charge in [0.1, 0.15) is 11.6 Å². The Morgan fingerprint density at radius 2 is 1.78 bits per heavy atom. The van der Waals surface area contributed by atoms with E-state index >= 15 is 0 Å². The van der Waals surface area contributed by atoms with Crippen LogP contribution in [0, 0.1) is 0 Å². The Bertz CT molecular complexity index is 959. The molecule has 0 aliphatic carbocycles. The second-order valence-electron chi connectivity index (χ2n) is 5.33. The number of esters is 1. The summed E-state index contributed by atoms with van der Waals surface area (Å²) < 4.78 is 45.5. The predicted octanol–water partition coefficient (Wildman–Crippen LogP) is 4.45.